The molecule has 0 aliphatic carbocycles. The number of hydrogen-bond donors (Lipinski definition) is 7. The molecule has 0 bridgehead atoms. The number of H-pyrrole nitrogens is 1. The molecule has 2 aromatic rings. The number of aliphatic hydroxyl groups excluding tert-OH is 5. The molecule has 37 heavy (non-hydrogen) atoms. The highest BCUT2D eigenvalue weighted by molar-refractivity contribution is 5.73. The van der Waals surface area contributed by atoms with Crippen LogP contribution in [0.3, 0.4) is 0 Å². The summed E-state index contributed by atoms with van der Waals surface area (Å²) < 4.78 is 19.0. The molecule has 2 aliphatic rings. The first-order chi connectivity index (χ1) is 17.6. The Morgan fingerprint density at radius 3 is 2.54 bits per heavy atom. The van der Waals surface area contributed by atoms with Crippen molar-refractivity contribution < 1.29 is 44.5 Å². The van der Waals surface area contributed by atoms with Crippen LogP contribution in [-0.4, -0.2) is 112 Å². The van der Waals surface area contributed by atoms with E-state index in [1.54, 1.807) is 0 Å². The molecular weight excluding hydrogens is 500 g/mol. The Bertz CT molecular complexity index is 1200. The van der Waals surface area contributed by atoms with Crippen molar-refractivity contribution in [3.05, 3.63) is 45.0 Å². The number of rotatable bonds is 8. The maximum absolute atomic E-state index is 12.0. The van der Waals surface area contributed by atoms with Crippen molar-refractivity contribution in [1.29, 1.82) is 0 Å². The molecule has 2 aliphatic heterocycles. The summed E-state index contributed by atoms with van der Waals surface area (Å²) in [6, 6.07) is -0.0438. The topological polar surface area (TPSA) is 244 Å². The van der Waals surface area contributed by atoms with Gasteiger partial charge in [-0.3, -0.25) is 19.1 Å². The number of aromatic amines is 1. The predicted octanol–water partition coefficient (Wildman–Crippen LogP) is -5.09. The lowest BCUT2D eigenvalue weighted by Crippen LogP contribution is -2.64. The molecule has 1 amide bonds. The lowest BCUT2D eigenvalue weighted by atomic mass is 9.97. The monoisotopic (exact) mass is 528 g/mol. The van der Waals surface area contributed by atoms with E-state index in [4.69, 9.17) is 14.2 Å². The van der Waals surface area contributed by atoms with Crippen LogP contribution in [0, 0.1) is 0 Å². The van der Waals surface area contributed by atoms with E-state index in [0.717, 1.165) is 16.8 Å². The zero-order chi connectivity index (χ0) is 26.9. The minimum atomic E-state index is -1.47. The highest BCUT2D eigenvalue weighted by Crippen LogP contribution is 2.29. The van der Waals surface area contributed by atoms with Gasteiger partial charge in [-0.25, -0.2) is 9.48 Å². The first-order valence-corrected chi connectivity index (χ1v) is 11.3. The van der Waals surface area contributed by atoms with Gasteiger partial charge in [0.25, 0.3) is 5.56 Å². The fourth-order valence-electron chi connectivity index (χ4n) is 4.20. The molecule has 4 heterocycles. The van der Waals surface area contributed by atoms with E-state index in [1.165, 1.54) is 17.8 Å². The van der Waals surface area contributed by atoms with Crippen LogP contribution in [-0.2, 0) is 32.2 Å². The van der Waals surface area contributed by atoms with Gasteiger partial charge in [0.2, 0.25) is 5.91 Å². The SMILES string of the molecule is CC(=O)N[C@H]1[C@H](OCc2cn(C[C@H]3O[C@@H](n4ccc(=O)[nH]c4=O)[C@H](O)[C@@H]3O)nn2)O[C@H](CO)[C@@H](O)[C@@H]1O. The largest absolute Gasteiger partial charge is 0.394 e. The van der Waals surface area contributed by atoms with Gasteiger partial charge >= 0.3 is 5.69 Å². The van der Waals surface area contributed by atoms with Crippen molar-refractivity contribution in [1.82, 2.24) is 29.9 Å². The third-order valence-electron chi connectivity index (χ3n) is 6.06. The van der Waals surface area contributed by atoms with Crippen LogP contribution in [0.2, 0.25) is 0 Å². The number of aliphatic hydroxyl groups is 5. The average molecular weight is 528 g/mol. The van der Waals surface area contributed by atoms with Gasteiger partial charge in [0.05, 0.1) is 26.0 Å². The maximum atomic E-state index is 12.0. The Labute approximate surface area is 207 Å². The number of carbonyl (C=O) groups is 1. The Hall–Kier alpha value is -3.03. The van der Waals surface area contributed by atoms with Crippen molar-refractivity contribution in [3.8, 4) is 0 Å². The van der Waals surface area contributed by atoms with Crippen molar-refractivity contribution in [2.75, 3.05) is 6.61 Å². The Morgan fingerprint density at radius 1 is 1.14 bits per heavy atom. The summed E-state index contributed by atoms with van der Waals surface area (Å²) in [4.78, 5) is 36.9. The fourth-order valence-corrected chi connectivity index (χ4v) is 4.20. The summed E-state index contributed by atoms with van der Waals surface area (Å²) in [6.07, 6.45) is -7.76. The van der Waals surface area contributed by atoms with Crippen LogP contribution in [0.25, 0.3) is 0 Å². The lowest BCUT2D eigenvalue weighted by Gasteiger charge is -2.42. The van der Waals surface area contributed by atoms with Gasteiger partial charge in [-0.05, 0) is 0 Å². The molecule has 204 valence electrons. The van der Waals surface area contributed by atoms with Crippen molar-refractivity contribution in [3.63, 3.8) is 0 Å². The van der Waals surface area contributed by atoms with Crippen molar-refractivity contribution >= 4 is 5.91 Å². The minimum Gasteiger partial charge on any atom is -0.394 e. The number of amides is 1. The van der Waals surface area contributed by atoms with Gasteiger partial charge in [-0.15, -0.1) is 5.10 Å². The molecule has 9 atom stereocenters. The molecule has 17 heteroatoms. The second kappa shape index (κ2) is 11.2. The van der Waals surface area contributed by atoms with E-state index in [0.29, 0.717) is 0 Å². The van der Waals surface area contributed by atoms with Crippen LogP contribution in [0.1, 0.15) is 18.8 Å². The van der Waals surface area contributed by atoms with Crippen LogP contribution in [0.4, 0.5) is 0 Å². The van der Waals surface area contributed by atoms with E-state index in [9.17, 15) is 39.9 Å². The smallest absolute Gasteiger partial charge is 0.330 e. The van der Waals surface area contributed by atoms with Crippen LogP contribution in [0.15, 0.2) is 28.0 Å². The first-order valence-electron chi connectivity index (χ1n) is 11.3. The summed E-state index contributed by atoms with van der Waals surface area (Å²) >= 11 is 0. The molecule has 0 saturated carbocycles. The van der Waals surface area contributed by atoms with Crippen LogP contribution in [0.5, 0.6) is 0 Å². The van der Waals surface area contributed by atoms with Crippen molar-refractivity contribution in [2.45, 2.75) is 75.3 Å². The third-order valence-corrected chi connectivity index (χ3v) is 6.06. The minimum absolute atomic E-state index is 0.0637. The third kappa shape index (κ3) is 5.78. The Morgan fingerprint density at radius 2 is 1.86 bits per heavy atom. The number of aromatic nitrogens is 5. The molecule has 2 aromatic heterocycles. The van der Waals surface area contributed by atoms with E-state index < -0.39 is 78.9 Å². The van der Waals surface area contributed by atoms with E-state index in [2.05, 4.69) is 15.6 Å². The van der Waals surface area contributed by atoms with Crippen LogP contribution < -0.4 is 16.6 Å². The number of hydrogen-bond acceptors (Lipinski definition) is 13. The van der Waals surface area contributed by atoms with E-state index in [-0.39, 0.29) is 18.8 Å². The number of carbonyl (C=O) groups excluding carboxylic acids is 1. The van der Waals surface area contributed by atoms with Crippen molar-refractivity contribution in [2.24, 2.45) is 0 Å². The van der Waals surface area contributed by atoms with E-state index >= 15 is 0 Å². The fraction of sp³-hybridized carbons (Fsp3) is 0.650. The second-order valence-electron chi connectivity index (χ2n) is 8.74. The number of ether oxygens (including phenoxy) is 3. The Kier molecular flexibility index (Phi) is 8.14. The summed E-state index contributed by atoms with van der Waals surface area (Å²) in [5.74, 6) is -0.499. The zero-order valence-corrected chi connectivity index (χ0v) is 19.5. The van der Waals surface area contributed by atoms with Crippen LogP contribution >= 0.6 is 0 Å². The number of nitrogens with zero attached hydrogens (tertiary/aromatic N) is 4. The molecule has 0 radical (unpaired) electrons. The lowest BCUT2D eigenvalue weighted by molar-refractivity contribution is -0.273. The Balaban J connectivity index is 1.39. The number of nitrogens with one attached hydrogen (secondary N) is 2. The van der Waals surface area contributed by atoms with Gasteiger partial charge in [0.1, 0.15) is 48.4 Å². The summed E-state index contributed by atoms with van der Waals surface area (Å²) in [5, 5.41) is 60.9. The van der Waals surface area contributed by atoms with Gasteiger partial charge < -0.3 is 45.1 Å². The van der Waals surface area contributed by atoms with Gasteiger partial charge in [-0.1, -0.05) is 5.21 Å². The molecule has 0 unspecified atom stereocenters. The maximum Gasteiger partial charge on any atom is 0.330 e. The normalized spacial score (nSPS) is 33.9. The van der Waals surface area contributed by atoms with E-state index in [1.807, 2.05) is 4.98 Å². The zero-order valence-electron chi connectivity index (χ0n) is 19.5. The van der Waals surface area contributed by atoms with Gasteiger partial charge in [-0.2, -0.15) is 0 Å². The molecule has 7 N–H and O–H groups in total. The molecule has 2 fully saturated rings. The highest BCUT2D eigenvalue weighted by Gasteiger charge is 2.46. The molecule has 0 spiro atoms. The molecule has 4 rings (SSSR count). The summed E-state index contributed by atoms with van der Waals surface area (Å²) in [5.41, 5.74) is -1.15. The molecule has 0 aromatic carbocycles. The average Bonchev–Trinajstić information content (AvgIpc) is 3.41. The summed E-state index contributed by atoms with van der Waals surface area (Å²) in [6.45, 7) is 0.358. The van der Waals surface area contributed by atoms with Gasteiger partial charge in [0.15, 0.2) is 12.5 Å². The highest BCUT2D eigenvalue weighted by atomic mass is 16.7. The first kappa shape index (κ1) is 27.0. The molecular formula is C20H28N6O11. The molecule has 17 nitrogen and oxygen atoms in total. The summed E-state index contributed by atoms with van der Waals surface area (Å²) in [7, 11) is 0. The van der Waals surface area contributed by atoms with Gasteiger partial charge in [0, 0.05) is 19.2 Å². The quantitative estimate of drug-likeness (QED) is 0.170. The molecule has 2 saturated heterocycles. The predicted molar refractivity (Wildman–Crippen MR) is 117 cm³/mol. The second-order valence-corrected chi connectivity index (χ2v) is 8.74. The standard InChI is InChI=1S/C20H28N6O11/c1-8(28)21-13-16(32)15(31)11(6-27)37-19(13)35-7-9-4-25(24-23-9)5-10-14(30)17(33)18(36-10)26-3-2-12(29)22-20(26)34/h2-4,10-11,13-19,27,30-33H,5-7H2,1H3,(H,21,28)(H,22,29,34)/t10-,11-,13-,14-,15-,16-,17-,18-,19-/m1/s1.